The quantitative estimate of drug-likeness (QED) is 0.0195. The summed E-state index contributed by atoms with van der Waals surface area (Å²) < 4.78 is 34.2. The van der Waals surface area contributed by atoms with Gasteiger partial charge in [0, 0.05) is 12.8 Å². The van der Waals surface area contributed by atoms with Crippen LogP contribution in [-0.4, -0.2) is 70.0 Å². The van der Waals surface area contributed by atoms with E-state index in [0.29, 0.717) is 17.4 Å². The van der Waals surface area contributed by atoms with Gasteiger partial charge in [0.25, 0.3) is 7.82 Å². The minimum absolute atomic E-state index is 0.0306. The largest absolute Gasteiger partial charge is 0.756 e. The third-order valence-corrected chi connectivity index (χ3v) is 14.5. The molecule has 0 aromatic heterocycles. The highest BCUT2D eigenvalue weighted by Gasteiger charge is 2.22. The summed E-state index contributed by atoms with van der Waals surface area (Å²) in [5, 5.41) is 0. The number of nitrogens with zero attached hydrogens (tertiary/aromatic N) is 1. The first-order valence-corrected chi connectivity index (χ1v) is 32.5. The van der Waals surface area contributed by atoms with Crippen LogP contribution in [0.15, 0.2) is 60.8 Å². The number of phosphoric ester groups is 1. The molecule has 0 fully saturated rings. The predicted octanol–water partition coefficient (Wildman–Crippen LogP) is 18.9. The topological polar surface area (TPSA) is 111 Å². The van der Waals surface area contributed by atoms with Crippen LogP contribution in [-0.2, 0) is 32.7 Å². The molecular formula is C64H118NO8P. The lowest BCUT2D eigenvalue weighted by molar-refractivity contribution is -0.870. The Labute approximate surface area is 457 Å². The molecule has 0 amide bonds. The Morgan fingerprint density at radius 1 is 0.432 bits per heavy atom. The van der Waals surface area contributed by atoms with Crippen molar-refractivity contribution >= 4 is 19.8 Å². The van der Waals surface area contributed by atoms with Crippen LogP contribution in [0.5, 0.6) is 0 Å². The number of quaternary nitrogens is 1. The maximum atomic E-state index is 12.8. The number of phosphoric acid groups is 1. The van der Waals surface area contributed by atoms with Crippen molar-refractivity contribution in [3.63, 3.8) is 0 Å². The van der Waals surface area contributed by atoms with Crippen molar-refractivity contribution < 1.29 is 42.1 Å². The van der Waals surface area contributed by atoms with Crippen LogP contribution < -0.4 is 4.89 Å². The first-order valence-electron chi connectivity index (χ1n) is 31.0. The Hall–Kier alpha value is -2.29. The van der Waals surface area contributed by atoms with Crippen molar-refractivity contribution in [1.29, 1.82) is 0 Å². The number of hydrogen-bond acceptors (Lipinski definition) is 8. The van der Waals surface area contributed by atoms with Gasteiger partial charge in [-0.25, -0.2) is 0 Å². The van der Waals surface area contributed by atoms with Gasteiger partial charge in [-0.2, -0.15) is 0 Å². The van der Waals surface area contributed by atoms with Gasteiger partial charge in [-0.05, 0) is 57.8 Å². The highest BCUT2D eigenvalue weighted by molar-refractivity contribution is 7.45. The van der Waals surface area contributed by atoms with Gasteiger partial charge in [0.05, 0.1) is 27.7 Å². The average molecular weight is 1060 g/mol. The van der Waals surface area contributed by atoms with Crippen LogP contribution in [0.2, 0.25) is 0 Å². The van der Waals surface area contributed by atoms with Crippen LogP contribution in [0, 0.1) is 0 Å². The van der Waals surface area contributed by atoms with Crippen molar-refractivity contribution in [3.05, 3.63) is 60.8 Å². The molecule has 0 radical (unpaired) electrons. The van der Waals surface area contributed by atoms with E-state index < -0.39 is 26.5 Å². The van der Waals surface area contributed by atoms with Gasteiger partial charge in [0.15, 0.2) is 6.10 Å². The van der Waals surface area contributed by atoms with Crippen LogP contribution in [0.25, 0.3) is 0 Å². The number of rotatable bonds is 57. The highest BCUT2D eigenvalue weighted by atomic mass is 31.2. The van der Waals surface area contributed by atoms with E-state index >= 15 is 0 Å². The second kappa shape index (κ2) is 55.5. The minimum Gasteiger partial charge on any atom is -0.756 e. The second-order valence-corrected chi connectivity index (χ2v) is 23.5. The molecule has 0 aliphatic rings. The number of esters is 2. The molecule has 9 nitrogen and oxygen atoms in total. The molecule has 0 aromatic carbocycles. The Bertz CT molecular complexity index is 1430. The molecule has 0 saturated heterocycles. The van der Waals surface area contributed by atoms with Crippen molar-refractivity contribution in [2.75, 3.05) is 47.5 Å². The molecule has 74 heavy (non-hydrogen) atoms. The molecule has 0 N–H and O–H groups in total. The highest BCUT2D eigenvalue weighted by Crippen LogP contribution is 2.38. The lowest BCUT2D eigenvalue weighted by Gasteiger charge is -2.28. The molecule has 2 unspecified atom stereocenters. The van der Waals surface area contributed by atoms with E-state index in [1.807, 2.05) is 21.1 Å². The minimum atomic E-state index is -4.64. The second-order valence-electron chi connectivity index (χ2n) is 22.0. The number of carbonyl (C=O) groups is 2. The maximum Gasteiger partial charge on any atom is 0.306 e. The number of hydrogen-bond donors (Lipinski definition) is 0. The van der Waals surface area contributed by atoms with Gasteiger partial charge >= 0.3 is 11.9 Å². The van der Waals surface area contributed by atoms with E-state index in [0.717, 1.165) is 70.6 Å². The Kier molecular flexibility index (Phi) is 53.7. The van der Waals surface area contributed by atoms with E-state index in [2.05, 4.69) is 74.6 Å². The normalized spacial score (nSPS) is 13.6. The van der Waals surface area contributed by atoms with Crippen molar-refractivity contribution in [3.8, 4) is 0 Å². The van der Waals surface area contributed by atoms with Gasteiger partial charge in [-0.1, -0.05) is 274 Å². The van der Waals surface area contributed by atoms with Crippen LogP contribution >= 0.6 is 7.82 Å². The SMILES string of the molecule is CC/C=C\C/C=C\C/C=C\C/C=C\C/C=C\CCCCCCCCCCCCCCCC(=O)OC(COC(=O)CCCCCCCCCCCCCCCCCCCCCCC)COP(=O)([O-])OCC[N+](C)(C)C. The molecular weight excluding hydrogens is 942 g/mol. The predicted molar refractivity (Wildman–Crippen MR) is 314 cm³/mol. The summed E-state index contributed by atoms with van der Waals surface area (Å²) in [6, 6.07) is 0. The van der Waals surface area contributed by atoms with Gasteiger partial charge in [-0.3, -0.25) is 14.2 Å². The molecule has 0 saturated carbocycles. The van der Waals surface area contributed by atoms with Gasteiger partial charge in [0.1, 0.15) is 19.8 Å². The van der Waals surface area contributed by atoms with Crippen molar-refractivity contribution in [2.24, 2.45) is 0 Å². The molecule has 0 bridgehead atoms. The molecule has 0 heterocycles. The average Bonchev–Trinajstić information content (AvgIpc) is 3.36. The zero-order valence-electron chi connectivity index (χ0n) is 49.0. The molecule has 0 aliphatic carbocycles. The van der Waals surface area contributed by atoms with E-state index in [-0.39, 0.29) is 32.0 Å². The monoisotopic (exact) mass is 1060 g/mol. The number of likely N-dealkylation sites (N-methyl/N-ethyl adjacent to an activating group) is 1. The number of allylic oxidation sites excluding steroid dienone is 10. The lowest BCUT2D eigenvalue weighted by atomic mass is 10.0. The van der Waals surface area contributed by atoms with Gasteiger partial charge < -0.3 is 27.9 Å². The summed E-state index contributed by atoms with van der Waals surface area (Å²) in [5.41, 5.74) is 0. The zero-order chi connectivity index (χ0) is 54.2. The van der Waals surface area contributed by atoms with E-state index in [1.165, 1.54) is 180 Å². The molecule has 0 rings (SSSR count). The smallest absolute Gasteiger partial charge is 0.306 e. The van der Waals surface area contributed by atoms with Gasteiger partial charge in [-0.15, -0.1) is 0 Å². The Balaban J connectivity index is 4.10. The summed E-state index contributed by atoms with van der Waals surface area (Å²) in [6.45, 7) is 4.17. The molecule has 0 aliphatic heterocycles. The standard InChI is InChI=1S/C64H118NO8P/c1-6-8-10-12-14-16-18-20-22-24-26-28-29-30-31-32-33-34-35-37-39-41-43-45-47-49-51-53-55-57-64(67)73-62(61-72-74(68,69)71-59-58-65(3,4)5)60-70-63(66)56-54-52-50-48-46-44-42-40-38-36-27-25-23-21-19-17-15-13-11-9-7-2/h8,10,14,16,20,22,26,28,30-31,62H,6-7,9,11-13,15,17-19,21,23-25,27,29,32-61H2,1-5H3/b10-8-,16-14-,22-20-,28-26-,31-30-. The third kappa shape index (κ3) is 59.0. The molecule has 0 aromatic rings. The van der Waals surface area contributed by atoms with Crippen LogP contribution in [0.1, 0.15) is 284 Å². The van der Waals surface area contributed by atoms with E-state index in [9.17, 15) is 19.0 Å². The fourth-order valence-electron chi connectivity index (χ4n) is 8.80. The molecule has 0 spiro atoms. The fraction of sp³-hybridized carbons (Fsp3) is 0.812. The number of carbonyl (C=O) groups excluding carboxylic acids is 2. The first kappa shape index (κ1) is 71.7. The summed E-state index contributed by atoms with van der Waals surface area (Å²) in [5.74, 6) is -0.822. The first-order chi connectivity index (χ1) is 36.0. The summed E-state index contributed by atoms with van der Waals surface area (Å²) in [4.78, 5) is 37.9. The summed E-state index contributed by atoms with van der Waals surface area (Å²) in [6.07, 6.45) is 71.3. The maximum absolute atomic E-state index is 12.8. The molecule has 432 valence electrons. The Morgan fingerprint density at radius 3 is 1.15 bits per heavy atom. The molecule has 2 atom stereocenters. The summed E-state index contributed by atoms with van der Waals surface area (Å²) in [7, 11) is 1.17. The molecule has 10 heteroatoms. The van der Waals surface area contributed by atoms with Crippen LogP contribution in [0.3, 0.4) is 0 Å². The number of ether oxygens (including phenoxy) is 2. The lowest BCUT2D eigenvalue weighted by Crippen LogP contribution is -2.37. The van der Waals surface area contributed by atoms with Crippen molar-refractivity contribution in [2.45, 2.75) is 290 Å². The Morgan fingerprint density at radius 2 is 0.770 bits per heavy atom. The van der Waals surface area contributed by atoms with Gasteiger partial charge in [0.2, 0.25) is 0 Å². The zero-order valence-corrected chi connectivity index (χ0v) is 49.9. The van der Waals surface area contributed by atoms with E-state index in [4.69, 9.17) is 18.5 Å². The third-order valence-electron chi connectivity index (χ3n) is 13.6. The van der Waals surface area contributed by atoms with Crippen molar-refractivity contribution in [1.82, 2.24) is 0 Å². The summed E-state index contributed by atoms with van der Waals surface area (Å²) >= 11 is 0. The number of unbranched alkanes of at least 4 members (excludes halogenated alkanes) is 33. The van der Waals surface area contributed by atoms with E-state index in [1.54, 1.807) is 0 Å². The van der Waals surface area contributed by atoms with Crippen LogP contribution in [0.4, 0.5) is 0 Å². The fourth-order valence-corrected chi connectivity index (χ4v) is 9.53.